The van der Waals surface area contributed by atoms with Gasteiger partial charge in [0.05, 0.1) is 11.1 Å². The molecule has 6 aromatic rings. The lowest BCUT2D eigenvalue weighted by atomic mass is 9.83. The van der Waals surface area contributed by atoms with Gasteiger partial charge >= 0.3 is 0 Å². The van der Waals surface area contributed by atoms with Crippen LogP contribution in [0.2, 0.25) is 0 Å². The van der Waals surface area contributed by atoms with E-state index in [-0.39, 0.29) is 0 Å². The molecule has 0 amide bonds. The number of nitriles is 1. The van der Waals surface area contributed by atoms with Crippen LogP contribution in [0.1, 0.15) is 54.7 Å². The Morgan fingerprint density at radius 1 is 0.769 bits per heavy atom. The largest absolute Gasteiger partial charge is 0.454 e. The highest BCUT2D eigenvalue weighted by atomic mass is 16.3. The molecule has 0 radical (unpaired) electrons. The molecule has 0 spiro atoms. The van der Waals surface area contributed by atoms with Gasteiger partial charge in [-0.2, -0.15) is 5.26 Å². The highest BCUT2D eigenvalue weighted by molar-refractivity contribution is 6.25. The summed E-state index contributed by atoms with van der Waals surface area (Å²) in [5.41, 5.74) is 9.01. The zero-order valence-electron chi connectivity index (χ0n) is 22.5. The number of fused-ring (bicyclic) bond motifs is 5. The highest BCUT2D eigenvalue weighted by Gasteiger charge is 2.25. The average Bonchev–Trinajstić information content (AvgIpc) is 3.37. The molecule has 39 heavy (non-hydrogen) atoms. The fraction of sp³-hybridized carbons (Fsp3) is 0.222. The second-order valence-corrected chi connectivity index (χ2v) is 11.0. The third kappa shape index (κ3) is 3.74. The van der Waals surface area contributed by atoms with Gasteiger partial charge in [0.1, 0.15) is 24.3 Å². The van der Waals surface area contributed by atoms with Crippen LogP contribution in [0.5, 0.6) is 0 Å². The third-order valence-electron chi connectivity index (χ3n) is 8.71. The van der Waals surface area contributed by atoms with Crippen molar-refractivity contribution in [3.05, 3.63) is 102 Å². The van der Waals surface area contributed by atoms with Gasteiger partial charge in [-0.15, -0.1) is 0 Å². The first kappa shape index (κ1) is 23.7. The molecule has 3 heteroatoms. The summed E-state index contributed by atoms with van der Waals surface area (Å²) in [6.45, 7) is 2.14. The number of hydrogen-bond donors (Lipinski definition) is 0. The molecule has 1 aliphatic carbocycles. The monoisotopic (exact) mass is 507 g/mol. The fourth-order valence-corrected chi connectivity index (χ4v) is 6.72. The van der Waals surface area contributed by atoms with Gasteiger partial charge in [-0.3, -0.25) is 0 Å². The number of hydrogen-bond acceptors (Lipinski definition) is 2. The third-order valence-corrected chi connectivity index (χ3v) is 8.71. The first-order valence-electron chi connectivity index (χ1n) is 14.0. The van der Waals surface area contributed by atoms with Crippen LogP contribution in [0.25, 0.3) is 55.1 Å². The Kier molecular flexibility index (Phi) is 5.71. The molecule has 1 fully saturated rings. The quantitative estimate of drug-likeness (QED) is 0.224. The summed E-state index contributed by atoms with van der Waals surface area (Å²) >= 11 is 0. The number of rotatable bonds is 3. The zero-order valence-corrected chi connectivity index (χ0v) is 22.5. The van der Waals surface area contributed by atoms with Gasteiger partial charge in [0.25, 0.3) is 0 Å². The number of aromatic nitrogens is 1. The Bertz CT molecular complexity index is 1920. The minimum atomic E-state index is 0.642. The van der Waals surface area contributed by atoms with Gasteiger partial charge in [0, 0.05) is 33.9 Å². The molecule has 4 aromatic carbocycles. The van der Waals surface area contributed by atoms with Gasteiger partial charge in [-0.25, -0.2) is 4.57 Å². The number of pyridine rings is 1. The van der Waals surface area contributed by atoms with Crippen LogP contribution < -0.4 is 4.57 Å². The van der Waals surface area contributed by atoms with Crippen molar-refractivity contribution >= 4 is 32.7 Å². The maximum absolute atomic E-state index is 10.5. The van der Waals surface area contributed by atoms with Crippen molar-refractivity contribution in [2.24, 2.45) is 7.05 Å². The molecular formula is C36H31N2O+. The van der Waals surface area contributed by atoms with Crippen molar-refractivity contribution in [3.8, 4) is 28.5 Å². The summed E-state index contributed by atoms with van der Waals surface area (Å²) < 4.78 is 9.03. The van der Waals surface area contributed by atoms with E-state index in [0.29, 0.717) is 11.5 Å². The van der Waals surface area contributed by atoms with E-state index in [1.165, 1.54) is 37.7 Å². The van der Waals surface area contributed by atoms with Crippen LogP contribution in [-0.2, 0) is 7.05 Å². The lowest BCUT2D eigenvalue weighted by Crippen LogP contribution is -2.30. The van der Waals surface area contributed by atoms with E-state index in [1.54, 1.807) is 0 Å². The molecule has 0 atom stereocenters. The van der Waals surface area contributed by atoms with Gasteiger partial charge in [-0.1, -0.05) is 79.9 Å². The molecule has 3 nitrogen and oxygen atoms in total. The van der Waals surface area contributed by atoms with E-state index in [1.807, 2.05) is 18.2 Å². The Morgan fingerprint density at radius 2 is 1.51 bits per heavy atom. The molecule has 7 rings (SSSR count). The Balaban J connectivity index is 1.56. The minimum absolute atomic E-state index is 0.642. The number of furan rings is 1. The fourth-order valence-electron chi connectivity index (χ4n) is 6.72. The van der Waals surface area contributed by atoms with Crippen LogP contribution in [0.4, 0.5) is 0 Å². The number of benzene rings is 4. The maximum Gasteiger partial charge on any atom is 0.216 e. The lowest BCUT2D eigenvalue weighted by molar-refractivity contribution is -0.660. The van der Waals surface area contributed by atoms with Crippen LogP contribution in [0.3, 0.4) is 0 Å². The Morgan fingerprint density at radius 3 is 2.26 bits per heavy atom. The average molecular weight is 508 g/mol. The number of aryl methyl sites for hydroxylation is 2. The second-order valence-electron chi connectivity index (χ2n) is 11.0. The van der Waals surface area contributed by atoms with Crippen molar-refractivity contribution in [3.63, 3.8) is 0 Å². The first-order chi connectivity index (χ1) is 19.2. The van der Waals surface area contributed by atoms with E-state index < -0.39 is 0 Å². The van der Waals surface area contributed by atoms with Crippen molar-refractivity contribution < 1.29 is 8.98 Å². The molecule has 190 valence electrons. The molecule has 0 unspecified atom stereocenters. The smallest absolute Gasteiger partial charge is 0.216 e. The standard InChI is InChI=1S/C36H31N2O/c1-23-15-20-29-34-28-13-7-6-12-27(28)30(22-37)33(26-18-16-25(17-19-26)24-10-4-3-5-11-24)36(34)39-35(29)32(23)31-14-8-9-21-38(31)2/h6-9,12-21,24H,3-5,10-11H2,1-2H3/q+1. The van der Waals surface area contributed by atoms with Crippen LogP contribution >= 0.6 is 0 Å². The maximum atomic E-state index is 10.5. The van der Waals surface area contributed by atoms with E-state index in [4.69, 9.17) is 4.42 Å². The van der Waals surface area contributed by atoms with Gasteiger partial charge in [0.2, 0.25) is 5.69 Å². The SMILES string of the molecule is Cc1ccc2c(oc3c(-c4ccc(C5CCCCC5)cc4)c(C#N)c4ccccc4c32)c1-c1cccc[n+]1C. The predicted molar refractivity (Wildman–Crippen MR) is 159 cm³/mol. The van der Waals surface area contributed by atoms with Gasteiger partial charge < -0.3 is 4.42 Å². The Labute approximate surface area is 228 Å². The first-order valence-corrected chi connectivity index (χ1v) is 14.0. The van der Waals surface area contributed by atoms with Crippen molar-refractivity contribution in [2.45, 2.75) is 44.9 Å². The minimum Gasteiger partial charge on any atom is -0.454 e. The molecule has 0 bridgehead atoms. The van der Waals surface area contributed by atoms with Crippen LogP contribution in [0, 0.1) is 18.3 Å². The molecule has 0 N–H and O–H groups in total. The van der Waals surface area contributed by atoms with E-state index in [2.05, 4.69) is 91.5 Å². The van der Waals surface area contributed by atoms with Crippen molar-refractivity contribution in [1.29, 1.82) is 5.26 Å². The molecular weight excluding hydrogens is 476 g/mol. The normalized spacial score (nSPS) is 14.3. The van der Waals surface area contributed by atoms with E-state index >= 15 is 0 Å². The molecule has 2 aromatic heterocycles. The lowest BCUT2D eigenvalue weighted by Gasteiger charge is -2.22. The van der Waals surface area contributed by atoms with Gasteiger partial charge in [-0.05, 0) is 53.8 Å². The Hall–Kier alpha value is -4.42. The van der Waals surface area contributed by atoms with Gasteiger partial charge in [0.15, 0.2) is 6.20 Å². The molecule has 1 saturated carbocycles. The summed E-state index contributed by atoms with van der Waals surface area (Å²) in [5, 5.41) is 14.7. The highest BCUT2D eigenvalue weighted by Crippen LogP contribution is 2.46. The van der Waals surface area contributed by atoms with E-state index in [9.17, 15) is 5.26 Å². The summed E-state index contributed by atoms with van der Waals surface area (Å²) in [5.74, 6) is 0.642. The number of nitrogens with zero attached hydrogens (tertiary/aromatic N) is 2. The summed E-state index contributed by atoms with van der Waals surface area (Å²) in [6.07, 6.45) is 8.59. The predicted octanol–water partition coefficient (Wildman–Crippen LogP) is 9.13. The topological polar surface area (TPSA) is 40.8 Å². The zero-order chi connectivity index (χ0) is 26.5. The summed E-state index contributed by atoms with van der Waals surface area (Å²) in [7, 11) is 2.07. The molecule has 2 heterocycles. The molecule has 1 aliphatic rings. The van der Waals surface area contributed by atoms with Crippen molar-refractivity contribution in [1.82, 2.24) is 0 Å². The summed E-state index contributed by atoms with van der Waals surface area (Å²) in [4.78, 5) is 0. The molecule has 0 saturated heterocycles. The van der Waals surface area contributed by atoms with Crippen LogP contribution in [-0.4, -0.2) is 0 Å². The summed E-state index contributed by atoms with van der Waals surface area (Å²) in [6, 6.07) is 30.4. The molecule has 0 aliphatic heterocycles. The van der Waals surface area contributed by atoms with E-state index in [0.717, 1.165) is 60.7 Å². The second kappa shape index (κ2) is 9.40. The van der Waals surface area contributed by atoms with Crippen LogP contribution in [0.15, 0.2) is 89.5 Å². The van der Waals surface area contributed by atoms with Crippen molar-refractivity contribution in [2.75, 3.05) is 0 Å².